The fourth-order valence-electron chi connectivity index (χ4n) is 1.14. The van der Waals surface area contributed by atoms with Gasteiger partial charge in [0.2, 0.25) is 0 Å². The van der Waals surface area contributed by atoms with Crippen LogP contribution >= 0.6 is 0 Å². The molecule has 2 unspecified atom stereocenters. The first-order valence-corrected chi connectivity index (χ1v) is 4.94. The number of hydrogen-bond donors (Lipinski definition) is 1. The maximum atomic E-state index is 9.03. The van der Waals surface area contributed by atoms with Gasteiger partial charge in [0.1, 0.15) is 12.4 Å². The van der Waals surface area contributed by atoms with Crippen molar-refractivity contribution in [2.45, 2.75) is 25.9 Å². The molecule has 0 aliphatic carbocycles. The largest absolute Gasteiger partial charge is 0.491 e. The maximum absolute atomic E-state index is 9.03. The van der Waals surface area contributed by atoms with Crippen molar-refractivity contribution < 1.29 is 9.84 Å². The molecule has 0 spiro atoms. The summed E-state index contributed by atoms with van der Waals surface area (Å²) in [6.07, 6.45) is -0.470. The summed E-state index contributed by atoms with van der Waals surface area (Å²) in [5, 5.41) is 17.7. The Balaban J connectivity index is 2.61. The first kappa shape index (κ1) is 11.5. The normalized spacial score (nSPS) is 14.0. The molecule has 0 saturated heterocycles. The summed E-state index contributed by atoms with van der Waals surface area (Å²) in [6, 6.07) is 9.52. The summed E-state index contributed by atoms with van der Waals surface area (Å²) in [6.45, 7) is 3.81. The summed E-state index contributed by atoms with van der Waals surface area (Å²) < 4.78 is 5.30. The average Bonchev–Trinajstić information content (AvgIpc) is 2.26. The lowest BCUT2D eigenvalue weighted by atomic mass is 10.0. The number of hydrogen-bond acceptors (Lipinski definition) is 3. The maximum Gasteiger partial charge on any atom is 0.119 e. The molecule has 0 radical (unpaired) electrons. The SMILES string of the molecule is CC(O)COc1ccc(C(C)C#N)cc1. The van der Waals surface area contributed by atoms with E-state index in [1.807, 2.05) is 31.2 Å². The van der Waals surface area contributed by atoms with Gasteiger partial charge in [-0.3, -0.25) is 0 Å². The van der Waals surface area contributed by atoms with Crippen molar-refractivity contribution in [3.8, 4) is 11.8 Å². The zero-order valence-electron chi connectivity index (χ0n) is 8.97. The second-order valence-electron chi connectivity index (χ2n) is 3.58. The molecule has 2 atom stereocenters. The molecular formula is C12H15NO2. The molecule has 80 valence electrons. The molecule has 0 aliphatic heterocycles. The minimum atomic E-state index is -0.470. The van der Waals surface area contributed by atoms with Crippen LogP contribution in [0, 0.1) is 11.3 Å². The zero-order chi connectivity index (χ0) is 11.3. The van der Waals surface area contributed by atoms with Crippen LogP contribution in [0.2, 0.25) is 0 Å². The number of nitriles is 1. The Morgan fingerprint density at radius 1 is 1.33 bits per heavy atom. The molecular weight excluding hydrogens is 190 g/mol. The molecule has 3 nitrogen and oxygen atoms in total. The molecule has 0 fully saturated rings. The molecule has 15 heavy (non-hydrogen) atoms. The minimum Gasteiger partial charge on any atom is -0.491 e. The van der Waals surface area contributed by atoms with Crippen molar-refractivity contribution >= 4 is 0 Å². The summed E-state index contributed by atoms with van der Waals surface area (Å²) in [5.41, 5.74) is 0.974. The molecule has 0 heterocycles. The third-order valence-electron chi connectivity index (χ3n) is 2.06. The van der Waals surface area contributed by atoms with Crippen LogP contribution in [0.3, 0.4) is 0 Å². The van der Waals surface area contributed by atoms with E-state index >= 15 is 0 Å². The average molecular weight is 205 g/mol. The monoisotopic (exact) mass is 205 g/mol. The van der Waals surface area contributed by atoms with E-state index in [9.17, 15) is 0 Å². The molecule has 0 aromatic heterocycles. The number of benzene rings is 1. The Morgan fingerprint density at radius 2 is 1.93 bits per heavy atom. The van der Waals surface area contributed by atoms with Gasteiger partial charge in [0.25, 0.3) is 0 Å². The quantitative estimate of drug-likeness (QED) is 0.818. The Bertz CT molecular complexity index is 338. The third-order valence-corrected chi connectivity index (χ3v) is 2.06. The van der Waals surface area contributed by atoms with Crippen LogP contribution in [0.4, 0.5) is 0 Å². The van der Waals surface area contributed by atoms with Gasteiger partial charge in [-0.2, -0.15) is 5.26 Å². The molecule has 0 aliphatic rings. The highest BCUT2D eigenvalue weighted by molar-refractivity contribution is 5.31. The van der Waals surface area contributed by atoms with Crippen molar-refractivity contribution in [3.05, 3.63) is 29.8 Å². The molecule has 0 bridgehead atoms. The van der Waals surface area contributed by atoms with Crippen LogP contribution in [0.15, 0.2) is 24.3 Å². The van der Waals surface area contributed by atoms with E-state index in [-0.39, 0.29) is 12.5 Å². The molecule has 1 rings (SSSR count). The first-order valence-electron chi connectivity index (χ1n) is 4.94. The second-order valence-corrected chi connectivity index (χ2v) is 3.58. The van der Waals surface area contributed by atoms with Gasteiger partial charge in [0.05, 0.1) is 18.1 Å². The lowest BCUT2D eigenvalue weighted by Crippen LogP contribution is -2.12. The summed E-state index contributed by atoms with van der Waals surface area (Å²) >= 11 is 0. The van der Waals surface area contributed by atoms with E-state index in [4.69, 9.17) is 15.1 Å². The fraction of sp³-hybridized carbons (Fsp3) is 0.417. The molecule has 0 saturated carbocycles. The fourth-order valence-corrected chi connectivity index (χ4v) is 1.14. The predicted octanol–water partition coefficient (Wildman–Crippen LogP) is 2.07. The number of aliphatic hydroxyl groups excluding tert-OH is 1. The highest BCUT2D eigenvalue weighted by Crippen LogP contribution is 2.18. The smallest absolute Gasteiger partial charge is 0.119 e. The topological polar surface area (TPSA) is 53.2 Å². The highest BCUT2D eigenvalue weighted by atomic mass is 16.5. The van der Waals surface area contributed by atoms with Gasteiger partial charge >= 0.3 is 0 Å². The lowest BCUT2D eigenvalue weighted by molar-refractivity contribution is 0.122. The van der Waals surface area contributed by atoms with Gasteiger partial charge < -0.3 is 9.84 Å². The molecule has 1 aromatic carbocycles. The van der Waals surface area contributed by atoms with Gasteiger partial charge in [0, 0.05) is 0 Å². The lowest BCUT2D eigenvalue weighted by Gasteiger charge is -2.09. The van der Waals surface area contributed by atoms with E-state index < -0.39 is 6.10 Å². The van der Waals surface area contributed by atoms with Crippen LogP contribution in [0.5, 0.6) is 5.75 Å². The van der Waals surface area contributed by atoms with Crippen molar-refractivity contribution in [3.63, 3.8) is 0 Å². The molecule has 3 heteroatoms. The van der Waals surface area contributed by atoms with Crippen LogP contribution in [0.1, 0.15) is 25.3 Å². The standard InChI is InChI=1S/C12H15NO2/c1-9(7-13)11-3-5-12(6-4-11)15-8-10(2)14/h3-6,9-10,14H,8H2,1-2H3. The Hall–Kier alpha value is -1.53. The van der Waals surface area contributed by atoms with Crippen LogP contribution in [0.25, 0.3) is 0 Å². The zero-order valence-corrected chi connectivity index (χ0v) is 8.97. The second kappa shape index (κ2) is 5.38. The summed E-state index contributed by atoms with van der Waals surface area (Å²) in [7, 11) is 0. The van der Waals surface area contributed by atoms with E-state index in [0.29, 0.717) is 5.75 Å². The van der Waals surface area contributed by atoms with E-state index in [2.05, 4.69) is 6.07 Å². The van der Waals surface area contributed by atoms with Crippen LogP contribution in [-0.2, 0) is 0 Å². The van der Waals surface area contributed by atoms with Crippen molar-refractivity contribution in [1.82, 2.24) is 0 Å². The third kappa shape index (κ3) is 3.61. The van der Waals surface area contributed by atoms with Crippen molar-refractivity contribution in [1.29, 1.82) is 5.26 Å². The van der Waals surface area contributed by atoms with Crippen molar-refractivity contribution in [2.75, 3.05) is 6.61 Å². The van der Waals surface area contributed by atoms with Crippen LogP contribution < -0.4 is 4.74 Å². The van der Waals surface area contributed by atoms with E-state index in [1.54, 1.807) is 6.92 Å². The molecule has 0 amide bonds. The Labute approximate surface area is 89.9 Å². The van der Waals surface area contributed by atoms with E-state index in [0.717, 1.165) is 5.56 Å². The number of aliphatic hydroxyl groups is 1. The molecule has 1 aromatic rings. The van der Waals surface area contributed by atoms with Gasteiger partial charge in [-0.05, 0) is 31.5 Å². The summed E-state index contributed by atoms with van der Waals surface area (Å²) in [5.74, 6) is 0.612. The van der Waals surface area contributed by atoms with Gasteiger partial charge in [-0.1, -0.05) is 12.1 Å². The predicted molar refractivity (Wildman–Crippen MR) is 57.6 cm³/mol. The van der Waals surface area contributed by atoms with Gasteiger partial charge in [0.15, 0.2) is 0 Å². The first-order chi connectivity index (χ1) is 7.13. The number of rotatable bonds is 4. The molecule has 1 N–H and O–H groups in total. The highest BCUT2D eigenvalue weighted by Gasteiger charge is 2.03. The minimum absolute atomic E-state index is 0.101. The van der Waals surface area contributed by atoms with Crippen molar-refractivity contribution in [2.24, 2.45) is 0 Å². The Kier molecular flexibility index (Phi) is 4.14. The number of ether oxygens (including phenoxy) is 1. The number of nitrogens with zero attached hydrogens (tertiary/aromatic N) is 1. The van der Waals surface area contributed by atoms with E-state index in [1.165, 1.54) is 0 Å². The van der Waals surface area contributed by atoms with Gasteiger partial charge in [-0.15, -0.1) is 0 Å². The Morgan fingerprint density at radius 3 is 2.40 bits per heavy atom. The van der Waals surface area contributed by atoms with Gasteiger partial charge in [-0.25, -0.2) is 0 Å². The summed E-state index contributed by atoms with van der Waals surface area (Å²) in [4.78, 5) is 0. The van der Waals surface area contributed by atoms with Crippen LogP contribution in [-0.4, -0.2) is 17.8 Å².